The summed E-state index contributed by atoms with van der Waals surface area (Å²) in [5, 5.41) is 12.3. The maximum atomic E-state index is 12.9. The molecule has 35 heavy (non-hydrogen) atoms. The van der Waals surface area contributed by atoms with Crippen LogP contribution in [-0.4, -0.2) is 28.6 Å². The number of nitrogens with zero attached hydrogens (tertiary/aromatic N) is 1. The van der Waals surface area contributed by atoms with Crippen LogP contribution in [0.25, 0.3) is 0 Å². The number of aromatic carboxylic acids is 1. The van der Waals surface area contributed by atoms with E-state index in [0.29, 0.717) is 22.9 Å². The van der Waals surface area contributed by atoms with Gasteiger partial charge in [0, 0.05) is 18.2 Å². The third kappa shape index (κ3) is 6.62. The number of amides is 1. The van der Waals surface area contributed by atoms with E-state index in [9.17, 15) is 14.7 Å². The van der Waals surface area contributed by atoms with E-state index in [1.54, 1.807) is 19.1 Å². The molecule has 2 aliphatic carbocycles. The smallest absolute Gasteiger partial charge is 0.335 e. The van der Waals surface area contributed by atoms with Gasteiger partial charge in [0.05, 0.1) is 18.2 Å². The number of carbonyl (C=O) groups excluding carboxylic acids is 1. The highest BCUT2D eigenvalue weighted by Crippen LogP contribution is 2.38. The quantitative estimate of drug-likeness (QED) is 0.448. The van der Waals surface area contributed by atoms with E-state index in [1.165, 1.54) is 37.7 Å². The number of rotatable bonds is 9. The highest BCUT2D eigenvalue weighted by molar-refractivity contribution is 5.89. The van der Waals surface area contributed by atoms with Gasteiger partial charge in [-0.05, 0) is 74.1 Å². The van der Waals surface area contributed by atoms with Crippen molar-refractivity contribution in [1.29, 1.82) is 0 Å². The highest BCUT2D eigenvalue weighted by atomic mass is 16.5. The van der Waals surface area contributed by atoms with Crippen molar-refractivity contribution in [2.24, 2.45) is 11.8 Å². The van der Waals surface area contributed by atoms with Crippen molar-refractivity contribution in [3.05, 3.63) is 58.8 Å². The Bertz CT molecular complexity index is 1010. The number of hydrogen-bond donors (Lipinski definition) is 2. The van der Waals surface area contributed by atoms with Gasteiger partial charge >= 0.3 is 5.97 Å². The fourth-order valence-corrected chi connectivity index (χ4v) is 5.66. The van der Waals surface area contributed by atoms with E-state index in [-0.39, 0.29) is 17.9 Å². The van der Waals surface area contributed by atoms with Gasteiger partial charge in [-0.1, -0.05) is 50.3 Å². The van der Waals surface area contributed by atoms with Gasteiger partial charge in [0.25, 0.3) is 0 Å². The van der Waals surface area contributed by atoms with Crippen LogP contribution in [0.1, 0.15) is 104 Å². The summed E-state index contributed by atoms with van der Waals surface area (Å²) in [6, 6.07) is 9.13. The first-order valence-electron chi connectivity index (χ1n) is 13.1. The fourth-order valence-electron chi connectivity index (χ4n) is 5.66. The minimum Gasteiger partial charge on any atom is -0.478 e. The van der Waals surface area contributed by atoms with Crippen molar-refractivity contribution >= 4 is 11.9 Å². The lowest BCUT2D eigenvalue weighted by molar-refractivity contribution is -0.125. The number of carboxylic acids is 1. The molecular weight excluding hydrogens is 440 g/mol. The molecule has 1 heterocycles. The molecule has 0 bridgehead atoms. The predicted molar refractivity (Wildman–Crippen MR) is 136 cm³/mol. The summed E-state index contributed by atoms with van der Waals surface area (Å²) in [7, 11) is 0. The number of benzene rings is 1. The molecule has 4 rings (SSSR count). The lowest BCUT2D eigenvalue weighted by Gasteiger charge is -2.21. The Balaban J connectivity index is 1.24. The van der Waals surface area contributed by atoms with Gasteiger partial charge in [-0.25, -0.2) is 9.78 Å². The molecule has 1 aromatic heterocycles. The van der Waals surface area contributed by atoms with E-state index < -0.39 is 5.97 Å². The molecule has 2 fully saturated rings. The molecule has 3 atom stereocenters. The summed E-state index contributed by atoms with van der Waals surface area (Å²) in [5.41, 5.74) is 3.08. The van der Waals surface area contributed by atoms with Crippen molar-refractivity contribution in [2.45, 2.75) is 83.6 Å². The minimum absolute atomic E-state index is 0.0201. The number of carboxylic acid groups (broad SMARTS) is 1. The number of aromatic nitrogens is 1. The van der Waals surface area contributed by atoms with Gasteiger partial charge in [-0.3, -0.25) is 4.79 Å². The largest absolute Gasteiger partial charge is 0.478 e. The van der Waals surface area contributed by atoms with Crippen LogP contribution < -0.4 is 10.1 Å². The molecule has 6 heteroatoms. The highest BCUT2D eigenvalue weighted by Gasteiger charge is 2.31. The summed E-state index contributed by atoms with van der Waals surface area (Å²) < 4.78 is 5.89. The summed E-state index contributed by atoms with van der Waals surface area (Å²) in [4.78, 5) is 28.7. The van der Waals surface area contributed by atoms with E-state index in [0.717, 1.165) is 43.8 Å². The summed E-state index contributed by atoms with van der Waals surface area (Å²) in [5.74, 6) is 0.942. The molecule has 2 aliphatic rings. The zero-order valence-electron chi connectivity index (χ0n) is 21.0. The minimum atomic E-state index is -0.934. The Morgan fingerprint density at radius 1 is 1.11 bits per heavy atom. The Hall–Kier alpha value is -2.89. The van der Waals surface area contributed by atoms with Crippen molar-refractivity contribution in [3.63, 3.8) is 0 Å². The summed E-state index contributed by atoms with van der Waals surface area (Å²) in [6.07, 6.45) is 12.4. The van der Waals surface area contributed by atoms with Gasteiger partial charge in [0.15, 0.2) is 0 Å². The van der Waals surface area contributed by atoms with Crippen LogP contribution in [0.4, 0.5) is 0 Å². The Morgan fingerprint density at radius 2 is 1.91 bits per heavy atom. The molecule has 0 spiro atoms. The summed E-state index contributed by atoms with van der Waals surface area (Å²) in [6.45, 7) is 4.46. The van der Waals surface area contributed by atoms with Crippen LogP contribution in [0, 0.1) is 18.8 Å². The monoisotopic (exact) mass is 478 g/mol. The number of carbonyl (C=O) groups is 2. The van der Waals surface area contributed by atoms with Gasteiger partial charge in [-0.2, -0.15) is 0 Å². The maximum Gasteiger partial charge on any atom is 0.335 e. The third-order valence-electron chi connectivity index (χ3n) is 7.87. The van der Waals surface area contributed by atoms with Crippen molar-refractivity contribution in [1.82, 2.24) is 10.3 Å². The molecule has 6 nitrogen and oxygen atoms in total. The Morgan fingerprint density at radius 3 is 2.60 bits per heavy atom. The summed E-state index contributed by atoms with van der Waals surface area (Å²) >= 11 is 0. The molecule has 1 amide bonds. The normalized spacial score (nSPS) is 21.4. The molecule has 0 aliphatic heterocycles. The van der Waals surface area contributed by atoms with Gasteiger partial charge < -0.3 is 15.2 Å². The lowest BCUT2D eigenvalue weighted by Crippen LogP contribution is -2.31. The average Bonchev–Trinajstić information content (AvgIpc) is 3.35. The number of nitrogens with one attached hydrogen (secondary N) is 1. The van der Waals surface area contributed by atoms with Crippen LogP contribution in [-0.2, 0) is 4.79 Å². The Labute approximate surface area is 208 Å². The zero-order chi connectivity index (χ0) is 24.8. The fraction of sp³-hybridized carbons (Fsp3) is 0.552. The molecule has 0 saturated heterocycles. The van der Waals surface area contributed by atoms with Gasteiger partial charge in [0.1, 0.15) is 0 Å². The van der Waals surface area contributed by atoms with Crippen LogP contribution in [0.15, 0.2) is 36.5 Å². The second-order valence-corrected chi connectivity index (χ2v) is 10.4. The number of ether oxygens (including phenoxy) is 1. The average molecular weight is 479 g/mol. The zero-order valence-corrected chi connectivity index (χ0v) is 21.0. The second kappa shape index (κ2) is 11.7. The lowest BCUT2D eigenvalue weighted by atomic mass is 9.87. The first-order chi connectivity index (χ1) is 16.9. The number of aryl methyl sites for hydroxylation is 1. The SMILES string of the molecule is Cc1cc([C@H](C)NC(=O)C2CCC(c3ccc(OCCC4CCCCC4)nc3)C2)ccc1C(=O)O. The van der Waals surface area contributed by atoms with Crippen LogP contribution in [0.2, 0.25) is 0 Å². The molecule has 2 saturated carbocycles. The van der Waals surface area contributed by atoms with Crippen molar-refractivity contribution in [3.8, 4) is 5.88 Å². The van der Waals surface area contributed by atoms with Crippen LogP contribution in [0.5, 0.6) is 5.88 Å². The van der Waals surface area contributed by atoms with E-state index in [4.69, 9.17) is 4.74 Å². The first kappa shape index (κ1) is 25.2. The molecule has 188 valence electrons. The van der Waals surface area contributed by atoms with E-state index >= 15 is 0 Å². The topological polar surface area (TPSA) is 88.5 Å². The van der Waals surface area contributed by atoms with Gasteiger partial charge in [0.2, 0.25) is 11.8 Å². The van der Waals surface area contributed by atoms with Gasteiger partial charge in [-0.15, -0.1) is 0 Å². The van der Waals surface area contributed by atoms with Crippen molar-refractivity contribution in [2.75, 3.05) is 6.61 Å². The maximum absolute atomic E-state index is 12.9. The second-order valence-electron chi connectivity index (χ2n) is 10.4. The van der Waals surface area contributed by atoms with Crippen LogP contribution >= 0.6 is 0 Å². The number of hydrogen-bond acceptors (Lipinski definition) is 4. The standard InChI is InChI=1S/C29H38N2O4/c1-19-16-22(10-12-26(19)29(33)34)20(2)31-28(32)24-9-8-23(17-24)25-11-13-27(30-18-25)35-15-14-21-6-4-3-5-7-21/h10-13,16,18,20-21,23-24H,3-9,14-15,17H2,1-2H3,(H,31,32)(H,33,34)/t20-,23?,24?/m0/s1. The van der Waals surface area contributed by atoms with Crippen LogP contribution in [0.3, 0.4) is 0 Å². The first-order valence-corrected chi connectivity index (χ1v) is 13.1. The molecule has 2 aromatic rings. The van der Waals surface area contributed by atoms with E-state index in [2.05, 4.69) is 16.4 Å². The molecule has 0 radical (unpaired) electrons. The predicted octanol–water partition coefficient (Wildman–Crippen LogP) is 6.20. The molecule has 2 unspecified atom stereocenters. The molecule has 1 aromatic carbocycles. The molecule has 2 N–H and O–H groups in total. The molecular formula is C29H38N2O4. The number of pyridine rings is 1. The Kier molecular flexibility index (Phi) is 8.42. The third-order valence-corrected chi connectivity index (χ3v) is 7.87. The van der Waals surface area contributed by atoms with E-state index in [1.807, 2.05) is 25.3 Å². The van der Waals surface area contributed by atoms with Crippen molar-refractivity contribution < 1.29 is 19.4 Å².